The Morgan fingerprint density at radius 3 is 2.32 bits per heavy atom. The smallest absolute Gasteiger partial charge is 0.131 e. The summed E-state index contributed by atoms with van der Waals surface area (Å²) in [6, 6.07) is 14.8. The Bertz CT molecular complexity index is 958. The van der Waals surface area contributed by atoms with Gasteiger partial charge in [0.2, 0.25) is 0 Å². The summed E-state index contributed by atoms with van der Waals surface area (Å²) in [7, 11) is 0. The lowest BCUT2D eigenvalue weighted by Gasteiger charge is -2.22. The van der Waals surface area contributed by atoms with Crippen LogP contribution in [0.25, 0.3) is 21.9 Å². The van der Waals surface area contributed by atoms with Crippen LogP contribution in [0.2, 0.25) is 0 Å². The first-order valence-corrected chi connectivity index (χ1v) is 9.31. The van der Waals surface area contributed by atoms with Crippen LogP contribution in [0.5, 0.6) is 0 Å². The molecule has 0 saturated carbocycles. The van der Waals surface area contributed by atoms with Gasteiger partial charge in [0.15, 0.2) is 0 Å². The van der Waals surface area contributed by atoms with E-state index in [1.807, 2.05) is 36.4 Å². The fourth-order valence-electron chi connectivity index (χ4n) is 2.86. The molecule has 0 radical (unpaired) electrons. The second-order valence-electron chi connectivity index (χ2n) is 6.88. The molecule has 0 aliphatic heterocycles. The van der Waals surface area contributed by atoms with Crippen LogP contribution >= 0.6 is 24.4 Å². The van der Waals surface area contributed by atoms with Gasteiger partial charge in [-0.15, -0.1) is 24.4 Å². The lowest BCUT2D eigenvalue weighted by atomic mass is 9.96. The predicted octanol–water partition coefficient (Wildman–Crippen LogP) is 6.82. The number of hydrogen-bond acceptors (Lipinski definition) is 3. The van der Waals surface area contributed by atoms with Crippen molar-refractivity contribution in [3.8, 4) is 11.1 Å². The molecule has 0 atom stereocenters. The van der Waals surface area contributed by atoms with E-state index >= 15 is 0 Å². The van der Waals surface area contributed by atoms with Gasteiger partial charge >= 0.3 is 0 Å². The Labute approximate surface area is 157 Å². The molecule has 25 heavy (non-hydrogen) atoms. The topological polar surface area (TPSA) is 23.9 Å². The molecule has 3 rings (SSSR count). The summed E-state index contributed by atoms with van der Waals surface area (Å²) in [5.74, 6) is -0.228. The molecule has 0 aliphatic rings. The van der Waals surface area contributed by atoms with Crippen molar-refractivity contribution in [3.63, 3.8) is 0 Å². The molecule has 0 aliphatic carbocycles. The van der Waals surface area contributed by atoms with Crippen LogP contribution in [-0.2, 0) is 0 Å². The largest absolute Gasteiger partial charge is 0.308 e. The lowest BCUT2D eigenvalue weighted by Crippen LogP contribution is -2.07. The van der Waals surface area contributed by atoms with E-state index in [1.165, 1.54) is 12.3 Å². The maximum atomic E-state index is 14.2. The van der Waals surface area contributed by atoms with Gasteiger partial charge in [-0.3, -0.25) is 0 Å². The maximum Gasteiger partial charge on any atom is 0.131 e. The Morgan fingerprint density at radius 2 is 1.68 bits per heavy atom. The number of halogens is 1. The molecule has 3 aromatic rings. The van der Waals surface area contributed by atoms with E-state index in [-0.39, 0.29) is 10.6 Å². The minimum Gasteiger partial charge on any atom is -0.308 e. The third-order valence-electron chi connectivity index (χ3n) is 3.88. The van der Waals surface area contributed by atoms with Gasteiger partial charge in [0.25, 0.3) is 0 Å². The second-order valence-corrected chi connectivity index (χ2v) is 9.19. The number of nitrogens with one attached hydrogen (secondary N) is 1. The van der Waals surface area contributed by atoms with E-state index in [0.717, 1.165) is 31.9 Å². The van der Waals surface area contributed by atoms with E-state index in [0.29, 0.717) is 5.39 Å². The molecule has 0 spiro atoms. The van der Waals surface area contributed by atoms with Crippen molar-refractivity contribution in [2.75, 3.05) is 0 Å². The second kappa shape index (κ2) is 6.85. The molecule has 0 saturated heterocycles. The van der Waals surface area contributed by atoms with Crippen LogP contribution in [0.15, 0.2) is 58.3 Å². The maximum absolute atomic E-state index is 14.2. The van der Waals surface area contributed by atoms with Crippen molar-refractivity contribution in [2.45, 2.75) is 35.3 Å². The van der Waals surface area contributed by atoms with E-state index in [4.69, 9.17) is 18.0 Å². The fourth-order valence-corrected chi connectivity index (χ4v) is 4.43. The fraction of sp³-hybridized carbons (Fsp3) is 0.190. The van der Waals surface area contributed by atoms with Gasteiger partial charge in [-0.05, 0) is 23.1 Å². The van der Waals surface area contributed by atoms with Gasteiger partial charge in [0, 0.05) is 37.3 Å². The first kappa shape index (κ1) is 18.0. The van der Waals surface area contributed by atoms with Gasteiger partial charge < -0.3 is 5.41 Å². The van der Waals surface area contributed by atoms with Gasteiger partial charge in [-0.2, -0.15) is 0 Å². The lowest BCUT2D eigenvalue weighted by molar-refractivity contribution is 0.640. The molecule has 4 heteroatoms. The minimum atomic E-state index is -0.228. The van der Waals surface area contributed by atoms with E-state index in [1.54, 1.807) is 17.8 Å². The van der Waals surface area contributed by atoms with E-state index in [9.17, 15) is 4.39 Å². The van der Waals surface area contributed by atoms with Gasteiger partial charge in [0.05, 0.1) is 0 Å². The first-order valence-electron chi connectivity index (χ1n) is 8.05. The highest BCUT2D eigenvalue weighted by molar-refractivity contribution is 8.00. The predicted molar refractivity (Wildman–Crippen MR) is 110 cm³/mol. The van der Waals surface area contributed by atoms with Crippen molar-refractivity contribution in [1.82, 2.24) is 0 Å². The van der Waals surface area contributed by atoms with Crippen molar-refractivity contribution < 1.29 is 4.39 Å². The number of thiol groups is 1. The SMILES string of the molecule is CC(C)(C)Sc1ccc(C=N)c(S)c1-c1ccc(F)c2ccccc12. The Balaban J connectivity index is 2.36. The van der Waals surface area contributed by atoms with Crippen LogP contribution in [0, 0.1) is 11.2 Å². The Hall–Kier alpha value is -1.78. The van der Waals surface area contributed by atoms with E-state index < -0.39 is 0 Å². The Kier molecular flexibility index (Phi) is 4.94. The number of rotatable bonds is 3. The highest BCUT2D eigenvalue weighted by atomic mass is 32.2. The monoisotopic (exact) mass is 369 g/mol. The van der Waals surface area contributed by atoms with Gasteiger partial charge in [-0.1, -0.05) is 57.2 Å². The van der Waals surface area contributed by atoms with Gasteiger partial charge in [-0.25, -0.2) is 4.39 Å². The summed E-state index contributed by atoms with van der Waals surface area (Å²) in [6.45, 7) is 6.48. The van der Waals surface area contributed by atoms with Crippen LogP contribution in [0.4, 0.5) is 4.39 Å². The summed E-state index contributed by atoms with van der Waals surface area (Å²) in [5.41, 5.74) is 2.66. The van der Waals surface area contributed by atoms with Crippen molar-refractivity contribution >= 4 is 41.4 Å². The summed E-state index contributed by atoms with van der Waals surface area (Å²) in [5, 5.41) is 9.10. The number of hydrogen-bond donors (Lipinski definition) is 2. The molecule has 0 aromatic heterocycles. The van der Waals surface area contributed by atoms with E-state index in [2.05, 4.69) is 20.8 Å². The van der Waals surface area contributed by atoms with Crippen LogP contribution in [0.3, 0.4) is 0 Å². The van der Waals surface area contributed by atoms with Crippen LogP contribution in [-0.4, -0.2) is 11.0 Å². The van der Waals surface area contributed by atoms with Crippen LogP contribution in [0.1, 0.15) is 26.3 Å². The number of thioether (sulfide) groups is 1. The molecule has 0 unspecified atom stereocenters. The van der Waals surface area contributed by atoms with Gasteiger partial charge in [0.1, 0.15) is 5.82 Å². The highest BCUT2D eigenvalue weighted by Crippen LogP contribution is 2.44. The normalized spacial score (nSPS) is 11.7. The molecular formula is C21H20FNS2. The number of benzene rings is 3. The third-order valence-corrected chi connectivity index (χ3v) is 5.54. The zero-order valence-electron chi connectivity index (χ0n) is 14.4. The summed E-state index contributed by atoms with van der Waals surface area (Å²) in [6.07, 6.45) is 1.31. The molecular weight excluding hydrogens is 349 g/mol. The first-order chi connectivity index (χ1) is 11.8. The molecule has 1 N–H and O–H groups in total. The number of fused-ring (bicyclic) bond motifs is 1. The highest BCUT2D eigenvalue weighted by Gasteiger charge is 2.20. The third kappa shape index (κ3) is 3.60. The van der Waals surface area contributed by atoms with Crippen molar-refractivity contribution in [2.24, 2.45) is 0 Å². The average Bonchev–Trinajstić information content (AvgIpc) is 2.56. The Morgan fingerprint density at radius 1 is 1.00 bits per heavy atom. The molecule has 0 bridgehead atoms. The summed E-state index contributed by atoms with van der Waals surface area (Å²) < 4.78 is 14.3. The zero-order valence-corrected chi connectivity index (χ0v) is 16.1. The zero-order chi connectivity index (χ0) is 18.2. The van der Waals surface area contributed by atoms with Crippen molar-refractivity contribution in [3.05, 3.63) is 59.9 Å². The molecule has 1 nitrogen and oxygen atoms in total. The quantitative estimate of drug-likeness (QED) is 0.295. The molecule has 0 amide bonds. The molecule has 3 aromatic carbocycles. The molecule has 0 heterocycles. The summed E-state index contributed by atoms with van der Waals surface area (Å²) in [4.78, 5) is 1.83. The van der Waals surface area contributed by atoms with Crippen LogP contribution < -0.4 is 0 Å². The average molecular weight is 370 g/mol. The summed E-state index contributed by atoms with van der Waals surface area (Å²) >= 11 is 6.47. The molecule has 0 fully saturated rings. The molecule has 128 valence electrons. The van der Waals surface area contributed by atoms with Crippen molar-refractivity contribution in [1.29, 1.82) is 5.41 Å². The minimum absolute atomic E-state index is 0.0248. The standard InChI is InChI=1S/C21H20FNS2/c1-21(2,3)25-18-11-8-13(12-23)20(24)19(18)16-9-10-17(22)15-7-5-4-6-14(15)16/h4-12,23-24H,1-3H3.